The number of nitrogens with one attached hydrogen (secondary N) is 1. The van der Waals surface area contributed by atoms with Crippen LogP contribution in [0, 0.1) is 0 Å². The van der Waals surface area contributed by atoms with Gasteiger partial charge in [0.25, 0.3) is 0 Å². The number of aliphatic hydroxyl groups excluding tert-OH is 1. The van der Waals surface area contributed by atoms with Crippen LogP contribution in [-0.2, 0) is 20.4 Å². The van der Waals surface area contributed by atoms with Crippen molar-refractivity contribution in [3.63, 3.8) is 0 Å². The zero-order chi connectivity index (χ0) is 12.4. The van der Waals surface area contributed by atoms with Crippen molar-refractivity contribution < 1.29 is 30.3 Å². The van der Waals surface area contributed by atoms with Gasteiger partial charge in [-0.3, -0.25) is 4.90 Å². The van der Waals surface area contributed by atoms with Crippen LogP contribution < -0.4 is 10.2 Å². The van der Waals surface area contributed by atoms with E-state index in [1.54, 1.807) is 6.08 Å². The van der Waals surface area contributed by atoms with Crippen LogP contribution in [0.2, 0.25) is 0 Å². The summed E-state index contributed by atoms with van der Waals surface area (Å²) >= 11 is 0. The smallest absolute Gasteiger partial charge is 0.324 e. The van der Waals surface area contributed by atoms with Crippen molar-refractivity contribution in [2.75, 3.05) is 4.90 Å². The third-order valence-electron chi connectivity index (χ3n) is 2.54. The van der Waals surface area contributed by atoms with Crippen molar-refractivity contribution in [1.82, 2.24) is 5.32 Å². The van der Waals surface area contributed by atoms with Crippen molar-refractivity contribution in [3.05, 3.63) is 35.9 Å². The molecule has 0 spiro atoms. The van der Waals surface area contributed by atoms with Gasteiger partial charge in [0.15, 0.2) is 6.23 Å². The van der Waals surface area contributed by atoms with Crippen LogP contribution in [0.4, 0.5) is 10.5 Å². The number of anilines is 1. The molecule has 0 aliphatic carbocycles. The molecular formula is C13H16N2O2Re. The molecule has 0 saturated carbocycles. The molecule has 1 aliphatic rings. The summed E-state index contributed by atoms with van der Waals surface area (Å²) in [5.41, 5.74) is 1.65. The number of carbonyl (C=O) groups is 1. The Labute approximate surface area is 120 Å². The van der Waals surface area contributed by atoms with Gasteiger partial charge in [-0.05, 0) is 31.6 Å². The summed E-state index contributed by atoms with van der Waals surface area (Å²) in [7, 11) is 0. The largest absolute Gasteiger partial charge is 0.369 e. The number of urea groups is 1. The van der Waals surface area contributed by atoms with E-state index in [4.69, 9.17) is 0 Å². The van der Waals surface area contributed by atoms with Crippen molar-refractivity contribution in [1.29, 1.82) is 0 Å². The molecule has 97 valence electrons. The Morgan fingerprint density at radius 1 is 1.39 bits per heavy atom. The molecular weight excluding hydrogens is 402 g/mol. The van der Waals surface area contributed by atoms with E-state index >= 15 is 0 Å². The van der Waals surface area contributed by atoms with Crippen LogP contribution in [0.5, 0.6) is 0 Å². The zero-order valence-corrected chi connectivity index (χ0v) is 13.0. The third kappa shape index (κ3) is 2.99. The minimum atomic E-state index is -0.913. The normalized spacial score (nSPS) is 17.1. The van der Waals surface area contributed by atoms with Crippen LogP contribution >= 0.6 is 0 Å². The molecule has 0 aromatic heterocycles. The summed E-state index contributed by atoms with van der Waals surface area (Å²) in [6, 6.07) is 7.23. The van der Waals surface area contributed by atoms with Gasteiger partial charge in [-0.15, -0.1) is 0 Å². The average Bonchev–Trinajstić information content (AvgIpc) is 2.27. The van der Waals surface area contributed by atoms with Crippen LogP contribution in [0.15, 0.2) is 30.3 Å². The Morgan fingerprint density at radius 2 is 2.06 bits per heavy atom. The van der Waals surface area contributed by atoms with E-state index in [2.05, 4.69) is 5.32 Å². The minimum Gasteiger partial charge on any atom is -0.369 e. The summed E-state index contributed by atoms with van der Waals surface area (Å²) in [6.45, 7) is 3.77. The number of hydrogen-bond donors (Lipinski definition) is 2. The van der Waals surface area contributed by atoms with E-state index in [-0.39, 0.29) is 32.5 Å². The average molecular weight is 418 g/mol. The fraction of sp³-hybridized carbons (Fsp3) is 0.308. The van der Waals surface area contributed by atoms with E-state index in [1.165, 1.54) is 4.90 Å². The molecule has 1 aliphatic heterocycles. The number of fused-ring (bicyclic) bond motifs is 1. The minimum absolute atomic E-state index is 0. The zero-order valence-electron chi connectivity index (χ0n) is 10.3. The first kappa shape index (κ1) is 14.9. The fourth-order valence-corrected chi connectivity index (χ4v) is 1.81. The van der Waals surface area contributed by atoms with Crippen molar-refractivity contribution in [2.24, 2.45) is 0 Å². The van der Waals surface area contributed by atoms with Crippen LogP contribution in [0.3, 0.4) is 0 Å². The number of para-hydroxylation sites is 1. The Hall–Kier alpha value is -1.15. The second-order valence-corrected chi connectivity index (χ2v) is 4.31. The Morgan fingerprint density at radius 3 is 2.72 bits per heavy atom. The van der Waals surface area contributed by atoms with Gasteiger partial charge in [-0.1, -0.05) is 24.3 Å². The molecule has 2 amide bonds. The van der Waals surface area contributed by atoms with Crippen molar-refractivity contribution >= 4 is 17.8 Å². The number of aliphatic hydroxyl groups is 1. The first-order valence-corrected chi connectivity index (χ1v) is 5.64. The molecule has 1 aromatic carbocycles. The second kappa shape index (κ2) is 6.15. The second-order valence-electron chi connectivity index (χ2n) is 4.31. The predicted octanol–water partition coefficient (Wildman–Crippen LogP) is 1.95. The van der Waals surface area contributed by atoms with Gasteiger partial charge >= 0.3 is 6.03 Å². The van der Waals surface area contributed by atoms with E-state index in [0.717, 1.165) is 11.3 Å². The fourth-order valence-electron chi connectivity index (χ4n) is 1.81. The van der Waals surface area contributed by atoms with Gasteiger partial charge in [0.05, 0.1) is 5.69 Å². The molecule has 1 atom stereocenters. The molecule has 18 heavy (non-hydrogen) atoms. The predicted molar refractivity (Wildman–Crippen MR) is 67.6 cm³/mol. The number of rotatable bonds is 1. The van der Waals surface area contributed by atoms with Crippen LogP contribution in [0.25, 0.3) is 6.08 Å². The van der Waals surface area contributed by atoms with Gasteiger partial charge < -0.3 is 10.4 Å². The first-order chi connectivity index (χ1) is 8.09. The summed E-state index contributed by atoms with van der Waals surface area (Å²) < 4.78 is 0. The monoisotopic (exact) mass is 419 g/mol. The maximum absolute atomic E-state index is 12.0. The van der Waals surface area contributed by atoms with Crippen LogP contribution in [0.1, 0.15) is 19.4 Å². The van der Waals surface area contributed by atoms with E-state index in [0.29, 0.717) is 0 Å². The molecule has 2 rings (SSSR count). The molecule has 5 heteroatoms. The maximum atomic E-state index is 12.0. The molecule has 1 heterocycles. The molecule has 1 unspecified atom stereocenters. The number of amides is 2. The molecule has 1 radical (unpaired) electrons. The standard InChI is InChI=1S/C13H16N2O2.Re/c1-9(2)14-13(17)15-11-6-4-3-5-10(11)7-8-12(15)16;/h3-9,12,16H,1-2H3,(H,14,17);. The summed E-state index contributed by atoms with van der Waals surface area (Å²) in [5, 5.41) is 12.7. The number of carbonyl (C=O) groups excluding carboxylic acids is 1. The van der Waals surface area contributed by atoms with Crippen LogP contribution in [-0.4, -0.2) is 23.4 Å². The number of benzene rings is 1. The Bertz CT molecular complexity index is 460. The van der Waals surface area contributed by atoms with Gasteiger partial charge in [-0.2, -0.15) is 0 Å². The first-order valence-electron chi connectivity index (χ1n) is 5.64. The van der Waals surface area contributed by atoms with Crippen molar-refractivity contribution in [2.45, 2.75) is 26.1 Å². The SMILES string of the molecule is CC(C)NC(=O)N1c2ccccc2C=CC1O.[Re]. The van der Waals surface area contributed by atoms with E-state index < -0.39 is 6.23 Å². The quantitative estimate of drug-likeness (QED) is 0.733. The van der Waals surface area contributed by atoms with E-state index in [1.807, 2.05) is 44.2 Å². The maximum Gasteiger partial charge on any atom is 0.324 e. The summed E-state index contributed by atoms with van der Waals surface area (Å²) in [6.07, 6.45) is 2.50. The molecule has 2 N–H and O–H groups in total. The molecule has 0 bridgehead atoms. The Kier molecular flexibility index (Phi) is 5.09. The van der Waals surface area contributed by atoms with Gasteiger partial charge in [0.1, 0.15) is 0 Å². The molecule has 0 fully saturated rings. The van der Waals surface area contributed by atoms with Gasteiger partial charge in [-0.25, -0.2) is 4.79 Å². The van der Waals surface area contributed by atoms with Gasteiger partial charge in [0, 0.05) is 26.5 Å². The number of nitrogens with zero attached hydrogens (tertiary/aromatic N) is 1. The Balaban J connectivity index is 0.00000162. The topological polar surface area (TPSA) is 52.6 Å². The van der Waals surface area contributed by atoms with Crippen molar-refractivity contribution in [3.8, 4) is 0 Å². The van der Waals surface area contributed by atoms with Gasteiger partial charge in [0.2, 0.25) is 0 Å². The number of hydrogen-bond acceptors (Lipinski definition) is 2. The third-order valence-corrected chi connectivity index (χ3v) is 2.54. The molecule has 0 saturated heterocycles. The summed E-state index contributed by atoms with van der Waals surface area (Å²) in [5.74, 6) is 0. The molecule has 4 nitrogen and oxygen atoms in total. The molecule has 1 aromatic rings. The summed E-state index contributed by atoms with van der Waals surface area (Å²) in [4.78, 5) is 13.4. The van der Waals surface area contributed by atoms with E-state index in [9.17, 15) is 9.90 Å².